The summed E-state index contributed by atoms with van der Waals surface area (Å²) in [6.45, 7) is 0. The third kappa shape index (κ3) is 1.45. The Bertz CT molecular complexity index is 250. The van der Waals surface area contributed by atoms with E-state index in [4.69, 9.17) is 0 Å². The number of halogens is 4. The van der Waals surface area contributed by atoms with Crippen LogP contribution < -0.4 is 0 Å². The van der Waals surface area contributed by atoms with Crippen molar-refractivity contribution in [2.24, 2.45) is 5.10 Å². The van der Waals surface area contributed by atoms with Crippen molar-refractivity contribution in [3.05, 3.63) is 0 Å². The number of carbonyl (C=O) groups is 1. The zero-order valence-electron chi connectivity index (χ0n) is 5.89. The molecule has 0 aliphatic carbocycles. The minimum Gasteiger partial charge on any atom is -0.271 e. The molecule has 1 unspecified atom stereocenters. The first-order valence-electron chi connectivity index (χ1n) is 2.91. The van der Waals surface area contributed by atoms with E-state index in [0.29, 0.717) is 5.01 Å². The molecule has 0 fully saturated rings. The minimum atomic E-state index is -4.55. The molecule has 0 bridgehead atoms. The maximum Gasteiger partial charge on any atom is 0.432 e. The predicted molar refractivity (Wildman–Crippen MR) is 39.0 cm³/mol. The van der Waals surface area contributed by atoms with Crippen LogP contribution in [0.25, 0.3) is 0 Å². The monoisotopic (exact) mass is 244 g/mol. The fraction of sp³-hybridized carbons (Fsp3) is 0.600. The first kappa shape index (κ1) is 9.50. The molecule has 0 spiro atoms. The minimum absolute atomic E-state index is 0.669. The van der Waals surface area contributed by atoms with E-state index in [0.717, 1.165) is 0 Å². The lowest BCUT2D eigenvalue weighted by Crippen LogP contribution is -2.32. The Hall–Kier alpha value is -0.590. The summed E-state index contributed by atoms with van der Waals surface area (Å²) in [5.74, 6) is -0.706. The van der Waals surface area contributed by atoms with E-state index in [2.05, 4.69) is 21.0 Å². The number of amides is 1. The van der Waals surface area contributed by atoms with Gasteiger partial charge >= 0.3 is 6.18 Å². The summed E-state index contributed by atoms with van der Waals surface area (Å²) in [5, 5.41) is 3.72. The molecule has 0 radical (unpaired) electrons. The van der Waals surface area contributed by atoms with E-state index in [9.17, 15) is 18.0 Å². The molecular weight excluding hydrogens is 241 g/mol. The van der Waals surface area contributed by atoms with Gasteiger partial charge in [0.2, 0.25) is 0 Å². The highest BCUT2D eigenvalue weighted by molar-refractivity contribution is 9.10. The second kappa shape index (κ2) is 2.72. The van der Waals surface area contributed by atoms with Crippen LogP contribution in [0.3, 0.4) is 0 Å². The molecule has 0 aromatic carbocycles. The third-order valence-corrected chi connectivity index (χ3v) is 2.15. The van der Waals surface area contributed by atoms with Crippen LogP contribution in [0.1, 0.15) is 0 Å². The Morgan fingerprint density at radius 1 is 1.58 bits per heavy atom. The smallest absolute Gasteiger partial charge is 0.271 e. The van der Waals surface area contributed by atoms with Gasteiger partial charge in [-0.15, -0.1) is 0 Å². The molecule has 0 aromatic rings. The molecule has 0 saturated carbocycles. The first-order valence-corrected chi connectivity index (χ1v) is 3.83. The van der Waals surface area contributed by atoms with Gasteiger partial charge in [-0.2, -0.15) is 18.3 Å². The molecule has 7 heteroatoms. The molecule has 68 valence electrons. The average Bonchev–Trinajstić information content (AvgIpc) is 2.15. The van der Waals surface area contributed by atoms with Crippen LogP contribution in [0.15, 0.2) is 5.10 Å². The van der Waals surface area contributed by atoms with Crippen molar-refractivity contribution in [1.29, 1.82) is 0 Å². The topological polar surface area (TPSA) is 32.7 Å². The molecule has 1 atom stereocenters. The van der Waals surface area contributed by atoms with Crippen molar-refractivity contribution in [3.63, 3.8) is 0 Å². The lowest BCUT2D eigenvalue weighted by molar-refractivity contribution is -0.127. The first-order chi connectivity index (χ1) is 5.34. The highest BCUT2D eigenvalue weighted by Gasteiger charge is 2.47. The summed E-state index contributed by atoms with van der Waals surface area (Å²) in [6.07, 6.45) is -4.55. The number of hydrazone groups is 1. The molecule has 1 heterocycles. The van der Waals surface area contributed by atoms with Crippen LogP contribution in [-0.4, -0.2) is 34.7 Å². The summed E-state index contributed by atoms with van der Waals surface area (Å²) in [5.41, 5.74) is -1.10. The fourth-order valence-electron chi connectivity index (χ4n) is 0.743. The molecule has 3 nitrogen and oxygen atoms in total. The third-order valence-electron chi connectivity index (χ3n) is 1.32. The van der Waals surface area contributed by atoms with Crippen molar-refractivity contribution >= 4 is 27.5 Å². The number of hydrogen-bond donors (Lipinski definition) is 0. The van der Waals surface area contributed by atoms with Gasteiger partial charge < -0.3 is 0 Å². The molecule has 0 aromatic heterocycles. The maximum absolute atomic E-state index is 12.0. The van der Waals surface area contributed by atoms with Gasteiger partial charge in [0.25, 0.3) is 5.91 Å². The summed E-state index contributed by atoms with van der Waals surface area (Å²) < 4.78 is 36.1. The summed E-state index contributed by atoms with van der Waals surface area (Å²) in [4.78, 5) is 9.47. The van der Waals surface area contributed by atoms with E-state index < -0.39 is 22.6 Å². The lowest BCUT2D eigenvalue weighted by Gasteiger charge is -2.05. The summed E-state index contributed by atoms with van der Waals surface area (Å²) in [7, 11) is 1.18. The molecular formula is C5H4BrF3N2O. The Kier molecular flexibility index (Phi) is 2.15. The quantitative estimate of drug-likeness (QED) is 0.589. The largest absolute Gasteiger partial charge is 0.432 e. The van der Waals surface area contributed by atoms with Crippen molar-refractivity contribution in [2.45, 2.75) is 11.0 Å². The van der Waals surface area contributed by atoms with Crippen molar-refractivity contribution in [1.82, 2.24) is 5.01 Å². The predicted octanol–water partition coefficient (Wildman–Crippen LogP) is 1.14. The second-order valence-electron chi connectivity index (χ2n) is 2.21. The van der Waals surface area contributed by atoms with Crippen LogP contribution in [0.2, 0.25) is 0 Å². The van der Waals surface area contributed by atoms with E-state index in [1.165, 1.54) is 7.05 Å². The fourth-order valence-corrected chi connectivity index (χ4v) is 1.39. The highest BCUT2D eigenvalue weighted by atomic mass is 79.9. The number of hydrogen-bond acceptors (Lipinski definition) is 2. The number of alkyl halides is 4. The van der Waals surface area contributed by atoms with Crippen molar-refractivity contribution in [3.8, 4) is 0 Å². The van der Waals surface area contributed by atoms with Crippen LogP contribution in [0.5, 0.6) is 0 Å². The van der Waals surface area contributed by atoms with Gasteiger partial charge in [0, 0.05) is 7.05 Å². The Balaban J connectivity index is 2.95. The van der Waals surface area contributed by atoms with Crippen LogP contribution in [-0.2, 0) is 4.79 Å². The average molecular weight is 245 g/mol. The van der Waals surface area contributed by atoms with Crippen molar-refractivity contribution in [2.75, 3.05) is 7.05 Å². The molecule has 1 amide bonds. The molecule has 1 aliphatic heterocycles. The molecule has 0 saturated heterocycles. The van der Waals surface area contributed by atoms with Gasteiger partial charge in [0.05, 0.1) is 0 Å². The Morgan fingerprint density at radius 2 is 2.08 bits per heavy atom. The second-order valence-corrected chi connectivity index (χ2v) is 3.12. The van der Waals surface area contributed by atoms with E-state index in [1.54, 1.807) is 0 Å². The van der Waals surface area contributed by atoms with E-state index in [1.807, 2.05) is 0 Å². The van der Waals surface area contributed by atoms with Crippen LogP contribution in [0, 0.1) is 0 Å². The van der Waals surface area contributed by atoms with Crippen molar-refractivity contribution < 1.29 is 18.0 Å². The molecule has 1 aliphatic rings. The van der Waals surface area contributed by atoms with Crippen LogP contribution in [0.4, 0.5) is 13.2 Å². The van der Waals surface area contributed by atoms with Gasteiger partial charge in [-0.1, -0.05) is 15.9 Å². The van der Waals surface area contributed by atoms with E-state index >= 15 is 0 Å². The summed E-state index contributed by atoms with van der Waals surface area (Å²) in [6, 6.07) is 0. The van der Waals surface area contributed by atoms with Gasteiger partial charge in [0.1, 0.15) is 4.83 Å². The Morgan fingerprint density at radius 3 is 2.25 bits per heavy atom. The van der Waals surface area contributed by atoms with Gasteiger partial charge in [0.15, 0.2) is 5.71 Å². The van der Waals surface area contributed by atoms with Gasteiger partial charge in [-0.05, 0) is 0 Å². The number of carbonyl (C=O) groups excluding carboxylic acids is 1. The highest BCUT2D eigenvalue weighted by Crippen LogP contribution is 2.27. The zero-order valence-corrected chi connectivity index (χ0v) is 7.48. The SMILES string of the molecule is CN1N=C(C(F)(F)F)C(Br)C1=O. The maximum atomic E-state index is 12.0. The lowest BCUT2D eigenvalue weighted by atomic mass is 10.3. The molecule has 1 rings (SSSR count). The Labute approximate surface area is 74.3 Å². The molecule has 12 heavy (non-hydrogen) atoms. The normalized spacial score (nSPS) is 24.8. The van der Waals surface area contributed by atoms with E-state index in [-0.39, 0.29) is 0 Å². The zero-order chi connectivity index (χ0) is 9.52. The number of rotatable bonds is 0. The standard InChI is InChI=1S/C5H4BrF3N2O/c1-11-4(12)2(6)3(10-11)5(7,8)9/h2H,1H3. The van der Waals surface area contributed by atoms with Crippen LogP contribution >= 0.6 is 15.9 Å². The molecule has 0 N–H and O–H groups in total. The van der Waals surface area contributed by atoms with Gasteiger partial charge in [-0.25, -0.2) is 5.01 Å². The summed E-state index contributed by atoms with van der Waals surface area (Å²) >= 11 is 2.60. The van der Waals surface area contributed by atoms with Gasteiger partial charge in [-0.3, -0.25) is 4.79 Å². The number of nitrogens with zero attached hydrogens (tertiary/aromatic N) is 2.